The Balaban J connectivity index is 1.71. The van der Waals surface area contributed by atoms with Crippen molar-refractivity contribution >= 4 is 11.9 Å². The molecular formula is C58H110O15. The Bertz CT molecular complexity index is 1280. The maximum Gasteiger partial charge on any atom is 0.306 e. The maximum atomic E-state index is 13.1. The van der Waals surface area contributed by atoms with Gasteiger partial charge >= 0.3 is 11.9 Å². The lowest BCUT2D eigenvalue weighted by Gasteiger charge is -2.42. The molecule has 0 bridgehead atoms. The van der Waals surface area contributed by atoms with Crippen LogP contribution in [0.5, 0.6) is 0 Å². The summed E-state index contributed by atoms with van der Waals surface area (Å²) in [4.78, 5) is 25.9. The predicted octanol–water partition coefficient (Wildman–Crippen LogP) is 10.3. The van der Waals surface area contributed by atoms with E-state index in [0.717, 1.165) is 38.5 Å². The van der Waals surface area contributed by atoms with Crippen LogP contribution in [0.2, 0.25) is 0 Å². The summed E-state index contributed by atoms with van der Waals surface area (Å²) in [5, 5.41) is 72.3. The van der Waals surface area contributed by atoms with Gasteiger partial charge in [0.25, 0.3) is 0 Å². The largest absolute Gasteiger partial charge is 0.462 e. The Morgan fingerprint density at radius 3 is 1.07 bits per heavy atom. The van der Waals surface area contributed by atoms with Crippen molar-refractivity contribution in [3.8, 4) is 0 Å². The van der Waals surface area contributed by atoms with E-state index >= 15 is 0 Å². The number of carbonyl (C=O) groups excluding carboxylic acids is 2. The van der Waals surface area contributed by atoms with Crippen molar-refractivity contribution in [3.05, 3.63) is 0 Å². The second-order valence-electron chi connectivity index (χ2n) is 21.5. The Morgan fingerprint density at radius 1 is 0.384 bits per heavy atom. The van der Waals surface area contributed by atoms with Crippen molar-refractivity contribution in [2.24, 2.45) is 0 Å². The number of esters is 2. The summed E-state index contributed by atoms with van der Waals surface area (Å²) in [7, 11) is 0. The van der Waals surface area contributed by atoms with Gasteiger partial charge in [-0.3, -0.25) is 9.59 Å². The summed E-state index contributed by atoms with van der Waals surface area (Å²) >= 11 is 0. The van der Waals surface area contributed by atoms with Gasteiger partial charge in [-0.2, -0.15) is 0 Å². The van der Waals surface area contributed by atoms with Gasteiger partial charge in [0, 0.05) is 12.8 Å². The summed E-state index contributed by atoms with van der Waals surface area (Å²) in [6.07, 6.45) is 29.8. The Hall–Kier alpha value is -1.50. The molecule has 73 heavy (non-hydrogen) atoms. The molecule has 0 aliphatic carbocycles. The molecule has 0 aromatic carbocycles. The van der Waals surface area contributed by atoms with E-state index in [0.29, 0.717) is 12.8 Å². The van der Waals surface area contributed by atoms with E-state index in [9.17, 15) is 45.3 Å². The van der Waals surface area contributed by atoms with Gasteiger partial charge in [0.05, 0.1) is 19.8 Å². The number of aliphatic hydroxyl groups excluding tert-OH is 7. The molecule has 0 amide bonds. The number of hydrogen-bond donors (Lipinski definition) is 7. The standard InChI is InChI=1S/C58H110O15/c1-3-5-7-9-11-13-15-17-19-20-21-22-23-24-25-27-28-30-32-34-36-38-40-49(60)68-43-46(71-50(61)41-39-37-35-33-31-29-26-18-16-14-12-10-8-6-4-2)44-69-57-56(67)54(65)52(63)48(73-57)45-70-58-55(66)53(64)51(62)47(42-59)72-58/h46-48,51-59,62-67H,3-45H2,1-2H3/t46-,47+,48+,51-,52-,53?,54?,55?,56?,57+,58+/m0/s1. The van der Waals surface area contributed by atoms with E-state index in [1.165, 1.54) is 186 Å². The van der Waals surface area contributed by atoms with Crippen LogP contribution in [-0.4, -0.2) is 142 Å². The fourth-order valence-corrected chi connectivity index (χ4v) is 9.93. The number of unbranched alkanes of at least 4 members (excludes halogenated alkanes) is 35. The fraction of sp³-hybridized carbons (Fsp3) is 0.966. The molecule has 2 saturated heterocycles. The van der Waals surface area contributed by atoms with Gasteiger partial charge in [-0.1, -0.05) is 239 Å². The molecule has 7 N–H and O–H groups in total. The lowest BCUT2D eigenvalue weighted by atomic mass is 9.98. The molecule has 2 heterocycles. The maximum absolute atomic E-state index is 13.1. The van der Waals surface area contributed by atoms with Gasteiger partial charge in [0.1, 0.15) is 55.4 Å². The van der Waals surface area contributed by atoms with Crippen LogP contribution >= 0.6 is 0 Å². The zero-order valence-corrected chi connectivity index (χ0v) is 46.2. The molecule has 0 saturated carbocycles. The van der Waals surface area contributed by atoms with E-state index in [1.54, 1.807) is 0 Å². The molecule has 0 aromatic rings. The topological polar surface area (TPSA) is 231 Å². The van der Waals surface area contributed by atoms with Crippen LogP contribution in [0, 0.1) is 0 Å². The quantitative estimate of drug-likeness (QED) is 0.0222. The molecule has 2 rings (SSSR count). The molecule has 2 aliphatic rings. The summed E-state index contributed by atoms with van der Waals surface area (Å²) < 4.78 is 33.7. The predicted molar refractivity (Wildman–Crippen MR) is 285 cm³/mol. The Kier molecular flexibility index (Phi) is 42.2. The van der Waals surface area contributed by atoms with Crippen molar-refractivity contribution < 1.29 is 73.8 Å². The average molecular weight is 1050 g/mol. The van der Waals surface area contributed by atoms with Crippen molar-refractivity contribution in [3.63, 3.8) is 0 Å². The first-order valence-corrected chi connectivity index (χ1v) is 30.1. The summed E-state index contributed by atoms with van der Waals surface area (Å²) in [6, 6.07) is 0. The minimum Gasteiger partial charge on any atom is -0.462 e. The van der Waals surface area contributed by atoms with E-state index in [2.05, 4.69) is 13.8 Å². The van der Waals surface area contributed by atoms with Gasteiger partial charge in [0.15, 0.2) is 18.7 Å². The first kappa shape index (κ1) is 67.6. The van der Waals surface area contributed by atoms with Crippen LogP contribution in [0.3, 0.4) is 0 Å². The average Bonchev–Trinajstić information content (AvgIpc) is 3.38. The molecule has 2 aliphatic heterocycles. The number of aliphatic hydroxyl groups is 7. The molecule has 15 nitrogen and oxygen atoms in total. The van der Waals surface area contributed by atoms with Crippen LogP contribution in [0.25, 0.3) is 0 Å². The van der Waals surface area contributed by atoms with Crippen molar-refractivity contribution in [2.75, 3.05) is 26.4 Å². The van der Waals surface area contributed by atoms with E-state index in [1.807, 2.05) is 0 Å². The first-order valence-electron chi connectivity index (χ1n) is 30.1. The van der Waals surface area contributed by atoms with Crippen LogP contribution in [0.4, 0.5) is 0 Å². The number of carbonyl (C=O) groups is 2. The highest BCUT2D eigenvalue weighted by Gasteiger charge is 2.47. The highest BCUT2D eigenvalue weighted by molar-refractivity contribution is 5.70. The third-order valence-corrected chi connectivity index (χ3v) is 14.8. The summed E-state index contributed by atoms with van der Waals surface area (Å²) in [5.41, 5.74) is 0. The fourth-order valence-electron chi connectivity index (χ4n) is 9.93. The van der Waals surface area contributed by atoms with E-state index < -0.39 is 92.7 Å². The van der Waals surface area contributed by atoms with Crippen molar-refractivity contribution in [1.29, 1.82) is 0 Å². The van der Waals surface area contributed by atoms with Gasteiger partial charge in [-0.15, -0.1) is 0 Å². The highest BCUT2D eigenvalue weighted by Crippen LogP contribution is 2.27. The molecule has 0 radical (unpaired) electrons. The molecule has 2 fully saturated rings. The van der Waals surface area contributed by atoms with Crippen LogP contribution in [0.15, 0.2) is 0 Å². The van der Waals surface area contributed by atoms with Gasteiger partial charge in [-0.05, 0) is 12.8 Å². The first-order chi connectivity index (χ1) is 35.5. The molecule has 0 spiro atoms. The molecule has 4 unspecified atom stereocenters. The Labute approximate surface area is 442 Å². The molecular weight excluding hydrogens is 937 g/mol. The van der Waals surface area contributed by atoms with E-state index in [-0.39, 0.29) is 26.1 Å². The van der Waals surface area contributed by atoms with Crippen molar-refractivity contribution in [2.45, 2.75) is 332 Å². The van der Waals surface area contributed by atoms with Crippen LogP contribution < -0.4 is 0 Å². The second kappa shape index (κ2) is 45.5. The van der Waals surface area contributed by atoms with Crippen LogP contribution in [-0.2, 0) is 38.0 Å². The molecule has 11 atom stereocenters. The zero-order valence-electron chi connectivity index (χ0n) is 46.2. The lowest BCUT2D eigenvalue weighted by molar-refractivity contribution is -0.332. The third kappa shape index (κ3) is 32.8. The Morgan fingerprint density at radius 2 is 0.699 bits per heavy atom. The van der Waals surface area contributed by atoms with Gasteiger partial charge in [-0.25, -0.2) is 0 Å². The second-order valence-corrected chi connectivity index (χ2v) is 21.5. The molecule has 432 valence electrons. The highest BCUT2D eigenvalue weighted by atomic mass is 16.7. The van der Waals surface area contributed by atoms with Gasteiger partial charge < -0.3 is 64.2 Å². The van der Waals surface area contributed by atoms with E-state index in [4.69, 9.17) is 28.4 Å². The minimum absolute atomic E-state index is 0.174. The number of hydrogen-bond acceptors (Lipinski definition) is 15. The number of rotatable bonds is 49. The zero-order chi connectivity index (χ0) is 53.2. The third-order valence-electron chi connectivity index (χ3n) is 14.8. The number of ether oxygens (including phenoxy) is 6. The smallest absolute Gasteiger partial charge is 0.306 e. The SMILES string of the molecule is CCCCCCCCCCCCCCCCCCCCCCCCC(=O)OC[C@@H](CO[C@@H]1O[C@H](CO[C@@H]2O[C@H](CO)[C@H](O)C(O)C2O)[C@H](O)C(O)C1O)OC(=O)CCCCCCCCCCCCCCCCC. The molecule has 0 aromatic heterocycles. The van der Waals surface area contributed by atoms with Crippen molar-refractivity contribution in [1.82, 2.24) is 0 Å². The lowest BCUT2D eigenvalue weighted by Crippen LogP contribution is -2.61. The normalized spacial score (nSPS) is 24.7. The summed E-state index contributed by atoms with van der Waals surface area (Å²) in [5.74, 6) is -0.903. The monoisotopic (exact) mass is 1050 g/mol. The van der Waals surface area contributed by atoms with Gasteiger partial charge in [0.2, 0.25) is 0 Å². The molecule has 15 heteroatoms. The summed E-state index contributed by atoms with van der Waals surface area (Å²) in [6.45, 7) is 2.66. The minimum atomic E-state index is -1.76. The van der Waals surface area contributed by atoms with Crippen LogP contribution in [0.1, 0.15) is 264 Å².